The molecule has 2 aromatic rings. The molecule has 2 amide bonds. The SMILES string of the molecule is CC[C@@H](C(=O)NC1CCCC1)N(Cc1cccc(OC)c1)C(=O)CN(c1cc(OC)ccc1OC)S(C)(=O)=O. The van der Waals surface area contributed by atoms with E-state index in [2.05, 4.69) is 5.32 Å². The molecule has 0 bridgehead atoms. The fraction of sp³-hybridized carbons (Fsp3) is 0.500. The molecule has 0 spiro atoms. The summed E-state index contributed by atoms with van der Waals surface area (Å²) in [5, 5.41) is 3.10. The summed E-state index contributed by atoms with van der Waals surface area (Å²) in [5.74, 6) is 0.510. The smallest absolute Gasteiger partial charge is 0.244 e. The Hall–Kier alpha value is -3.47. The number of amides is 2. The van der Waals surface area contributed by atoms with E-state index in [1.165, 1.54) is 25.2 Å². The van der Waals surface area contributed by atoms with Gasteiger partial charge in [-0.3, -0.25) is 13.9 Å². The summed E-state index contributed by atoms with van der Waals surface area (Å²) in [6.45, 7) is 1.41. The van der Waals surface area contributed by atoms with E-state index in [1.807, 2.05) is 13.0 Å². The van der Waals surface area contributed by atoms with Gasteiger partial charge in [0.05, 0.1) is 33.3 Å². The molecule has 11 heteroatoms. The Morgan fingerprint density at radius 3 is 2.26 bits per heavy atom. The minimum absolute atomic E-state index is 0.0777. The summed E-state index contributed by atoms with van der Waals surface area (Å²) in [5.41, 5.74) is 0.914. The van der Waals surface area contributed by atoms with Crippen LogP contribution in [0, 0.1) is 0 Å². The van der Waals surface area contributed by atoms with E-state index in [4.69, 9.17) is 14.2 Å². The molecule has 39 heavy (non-hydrogen) atoms. The zero-order valence-corrected chi connectivity index (χ0v) is 24.1. The number of anilines is 1. The molecule has 0 radical (unpaired) electrons. The third-order valence-corrected chi connectivity index (χ3v) is 8.03. The Labute approximate surface area is 231 Å². The lowest BCUT2D eigenvalue weighted by atomic mass is 10.1. The molecule has 0 unspecified atom stereocenters. The van der Waals surface area contributed by atoms with Gasteiger partial charge in [0.25, 0.3) is 0 Å². The van der Waals surface area contributed by atoms with Crippen LogP contribution in [0.15, 0.2) is 42.5 Å². The number of carbonyl (C=O) groups is 2. The monoisotopic (exact) mass is 561 g/mol. The molecule has 1 fully saturated rings. The van der Waals surface area contributed by atoms with E-state index in [1.54, 1.807) is 37.4 Å². The van der Waals surface area contributed by atoms with Crippen LogP contribution in [-0.2, 0) is 26.2 Å². The predicted molar refractivity (Wildman–Crippen MR) is 150 cm³/mol. The second-order valence-corrected chi connectivity index (χ2v) is 11.5. The van der Waals surface area contributed by atoms with Gasteiger partial charge in [0.1, 0.15) is 29.8 Å². The zero-order chi connectivity index (χ0) is 28.6. The van der Waals surface area contributed by atoms with Crippen molar-refractivity contribution < 1.29 is 32.2 Å². The van der Waals surface area contributed by atoms with Gasteiger partial charge in [-0.25, -0.2) is 8.42 Å². The molecule has 2 aromatic carbocycles. The standard InChI is InChI=1S/C28H39N3O7S/c1-6-24(28(33)29-21-11-7-8-12-21)30(18-20-10-9-13-22(16-20)36-2)27(32)19-31(39(5,34)35)25-17-23(37-3)14-15-26(25)38-4/h9-10,13-17,21,24H,6-8,11-12,18-19H2,1-5H3,(H,29,33)/t24-/m0/s1. The first-order valence-corrected chi connectivity index (χ1v) is 14.9. The Bertz CT molecular complexity index is 1250. The number of sulfonamides is 1. The highest BCUT2D eigenvalue weighted by atomic mass is 32.2. The molecule has 0 saturated heterocycles. The van der Waals surface area contributed by atoms with Crippen molar-refractivity contribution in [1.82, 2.24) is 10.2 Å². The van der Waals surface area contributed by atoms with Gasteiger partial charge < -0.3 is 24.4 Å². The lowest BCUT2D eigenvalue weighted by molar-refractivity contribution is -0.140. The van der Waals surface area contributed by atoms with E-state index in [-0.39, 0.29) is 29.9 Å². The number of hydrogen-bond acceptors (Lipinski definition) is 7. The third-order valence-electron chi connectivity index (χ3n) is 6.91. The van der Waals surface area contributed by atoms with E-state index >= 15 is 0 Å². The predicted octanol–water partition coefficient (Wildman–Crippen LogP) is 3.34. The highest BCUT2D eigenvalue weighted by Gasteiger charge is 2.34. The number of ether oxygens (including phenoxy) is 3. The van der Waals surface area contributed by atoms with Gasteiger partial charge in [0.15, 0.2) is 0 Å². The number of nitrogens with one attached hydrogen (secondary N) is 1. The summed E-state index contributed by atoms with van der Waals surface area (Å²) < 4.78 is 42.9. The fourth-order valence-corrected chi connectivity index (χ4v) is 5.69. The summed E-state index contributed by atoms with van der Waals surface area (Å²) >= 11 is 0. The maximum Gasteiger partial charge on any atom is 0.244 e. The first kappa shape index (κ1) is 30.1. The van der Waals surface area contributed by atoms with E-state index < -0.39 is 28.5 Å². The number of benzene rings is 2. The maximum absolute atomic E-state index is 14.0. The van der Waals surface area contributed by atoms with Crippen LogP contribution < -0.4 is 23.8 Å². The van der Waals surface area contributed by atoms with Gasteiger partial charge in [0.2, 0.25) is 21.8 Å². The van der Waals surface area contributed by atoms with E-state index in [9.17, 15) is 18.0 Å². The van der Waals surface area contributed by atoms with Gasteiger partial charge in [-0.05, 0) is 49.1 Å². The van der Waals surface area contributed by atoms with Crippen LogP contribution in [0.2, 0.25) is 0 Å². The lowest BCUT2D eigenvalue weighted by Gasteiger charge is -2.33. The van der Waals surface area contributed by atoms with Crippen molar-refractivity contribution >= 4 is 27.5 Å². The van der Waals surface area contributed by atoms with Gasteiger partial charge >= 0.3 is 0 Å². The number of carbonyl (C=O) groups excluding carboxylic acids is 2. The molecule has 3 rings (SSSR count). The Morgan fingerprint density at radius 1 is 1.00 bits per heavy atom. The number of methoxy groups -OCH3 is 3. The Morgan fingerprint density at radius 2 is 1.67 bits per heavy atom. The second-order valence-electron chi connectivity index (χ2n) is 9.59. The van der Waals surface area contributed by atoms with Crippen molar-refractivity contribution in [3.63, 3.8) is 0 Å². The molecule has 1 atom stereocenters. The molecular weight excluding hydrogens is 522 g/mol. The van der Waals surface area contributed by atoms with Crippen molar-refractivity contribution in [3.05, 3.63) is 48.0 Å². The van der Waals surface area contributed by atoms with Crippen molar-refractivity contribution in [1.29, 1.82) is 0 Å². The molecule has 10 nitrogen and oxygen atoms in total. The quantitative estimate of drug-likeness (QED) is 0.399. The average Bonchev–Trinajstić information content (AvgIpc) is 3.43. The normalized spacial score (nSPS) is 14.4. The first-order valence-electron chi connectivity index (χ1n) is 13.0. The largest absolute Gasteiger partial charge is 0.497 e. The molecular formula is C28H39N3O7S. The fourth-order valence-electron chi connectivity index (χ4n) is 4.84. The highest BCUT2D eigenvalue weighted by molar-refractivity contribution is 7.92. The van der Waals surface area contributed by atoms with Crippen molar-refractivity contribution in [2.45, 2.75) is 57.7 Å². The minimum Gasteiger partial charge on any atom is -0.497 e. The number of hydrogen-bond donors (Lipinski definition) is 1. The van der Waals surface area contributed by atoms with Crippen LogP contribution in [0.5, 0.6) is 17.2 Å². The summed E-state index contributed by atoms with van der Waals surface area (Å²) in [6.07, 6.45) is 5.30. The van der Waals surface area contributed by atoms with Crippen molar-refractivity contribution in [2.75, 3.05) is 38.4 Å². The molecule has 0 aromatic heterocycles. The molecule has 1 aliphatic rings. The average molecular weight is 562 g/mol. The summed E-state index contributed by atoms with van der Waals surface area (Å²) in [7, 11) is 0.508. The molecule has 0 heterocycles. The molecule has 1 aliphatic carbocycles. The lowest BCUT2D eigenvalue weighted by Crippen LogP contribution is -2.53. The van der Waals surface area contributed by atoms with E-state index in [0.717, 1.165) is 41.8 Å². The maximum atomic E-state index is 14.0. The van der Waals surface area contributed by atoms with Crippen molar-refractivity contribution in [2.24, 2.45) is 0 Å². The Balaban J connectivity index is 1.99. The van der Waals surface area contributed by atoms with Crippen LogP contribution >= 0.6 is 0 Å². The summed E-state index contributed by atoms with van der Waals surface area (Å²) in [4.78, 5) is 28.8. The topological polar surface area (TPSA) is 114 Å². The number of nitrogens with zero attached hydrogens (tertiary/aromatic N) is 2. The van der Waals surface area contributed by atoms with Crippen LogP contribution in [0.4, 0.5) is 5.69 Å². The van der Waals surface area contributed by atoms with E-state index in [0.29, 0.717) is 17.9 Å². The van der Waals surface area contributed by atoms with Gasteiger partial charge in [0, 0.05) is 18.7 Å². The van der Waals surface area contributed by atoms with Crippen LogP contribution in [0.1, 0.15) is 44.6 Å². The number of rotatable bonds is 13. The first-order chi connectivity index (χ1) is 18.6. The van der Waals surface area contributed by atoms with Crippen LogP contribution in [0.25, 0.3) is 0 Å². The minimum atomic E-state index is -3.93. The molecule has 1 saturated carbocycles. The summed E-state index contributed by atoms with van der Waals surface area (Å²) in [6, 6.07) is 11.2. The Kier molecular flexibility index (Phi) is 10.4. The molecule has 214 valence electrons. The van der Waals surface area contributed by atoms with Gasteiger partial charge in [-0.2, -0.15) is 0 Å². The third kappa shape index (κ3) is 7.78. The van der Waals surface area contributed by atoms with Crippen LogP contribution in [-0.4, -0.2) is 71.3 Å². The zero-order valence-electron chi connectivity index (χ0n) is 23.3. The van der Waals surface area contributed by atoms with Gasteiger partial charge in [-0.15, -0.1) is 0 Å². The highest BCUT2D eigenvalue weighted by Crippen LogP contribution is 2.34. The van der Waals surface area contributed by atoms with Crippen LogP contribution in [0.3, 0.4) is 0 Å². The molecule has 1 N–H and O–H groups in total. The molecule has 0 aliphatic heterocycles. The van der Waals surface area contributed by atoms with Crippen molar-refractivity contribution in [3.8, 4) is 17.2 Å². The van der Waals surface area contributed by atoms with Gasteiger partial charge in [-0.1, -0.05) is 31.9 Å². The second kappa shape index (κ2) is 13.5.